The van der Waals surface area contributed by atoms with Gasteiger partial charge in [0.15, 0.2) is 5.82 Å². The maximum Gasteiger partial charge on any atom is 0.151 e. The van der Waals surface area contributed by atoms with E-state index in [1.807, 2.05) is 12.1 Å². The van der Waals surface area contributed by atoms with Crippen molar-refractivity contribution in [3.8, 4) is 11.3 Å². The fourth-order valence-corrected chi connectivity index (χ4v) is 4.82. The summed E-state index contributed by atoms with van der Waals surface area (Å²) < 4.78 is 0. The number of likely N-dealkylation sites (tertiary alicyclic amines) is 1. The molecule has 2 saturated heterocycles. The molecular formula is C21H27N5. The van der Waals surface area contributed by atoms with Crippen LogP contribution in [0.1, 0.15) is 38.5 Å². The maximum atomic E-state index is 4.50. The molecular weight excluding hydrogens is 322 g/mol. The molecule has 0 atom stereocenters. The van der Waals surface area contributed by atoms with Gasteiger partial charge in [-0.05, 0) is 68.3 Å². The minimum atomic E-state index is 0.566. The van der Waals surface area contributed by atoms with Gasteiger partial charge in [-0.3, -0.25) is 9.88 Å². The van der Waals surface area contributed by atoms with E-state index in [0.29, 0.717) is 5.41 Å². The molecule has 5 nitrogen and oxygen atoms in total. The van der Waals surface area contributed by atoms with Crippen molar-refractivity contribution >= 4 is 5.82 Å². The molecule has 26 heavy (non-hydrogen) atoms. The Bertz CT molecular complexity index is 733. The van der Waals surface area contributed by atoms with Crippen LogP contribution in [0.25, 0.3) is 11.3 Å². The highest BCUT2D eigenvalue weighted by Gasteiger charge is 2.43. The van der Waals surface area contributed by atoms with Crippen molar-refractivity contribution in [1.82, 2.24) is 20.1 Å². The number of hydrogen-bond acceptors (Lipinski definition) is 5. The maximum absolute atomic E-state index is 4.50. The van der Waals surface area contributed by atoms with E-state index in [0.717, 1.165) is 36.2 Å². The van der Waals surface area contributed by atoms with Gasteiger partial charge >= 0.3 is 0 Å². The van der Waals surface area contributed by atoms with Crippen LogP contribution in [0.15, 0.2) is 36.7 Å². The van der Waals surface area contributed by atoms with Crippen molar-refractivity contribution in [3.05, 3.63) is 36.7 Å². The second-order valence-corrected chi connectivity index (χ2v) is 8.30. The van der Waals surface area contributed by atoms with Gasteiger partial charge in [-0.1, -0.05) is 6.42 Å². The van der Waals surface area contributed by atoms with E-state index in [1.165, 1.54) is 51.6 Å². The smallest absolute Gasteiger partial charge is 0.151 e. The Balaban J connectivity index is 1.22. The molecule has 0 radical (unpaired) electrons. The molecule has 2 aromatic rings. The normalized spacial score (nSPS) is 23.3. The first kappa shape index (κ1) is 16.2. The molecule has 0 amide bonds. The molecule has 0 N–H and O–H groups in total. The Morgan fingerprint density at radius 2 is 1.65 bits per heavy atom. The van der Waals surface area contributed by atoms with E-state index in [1.54, 1.807) is 12.4 Å². The highest BCUT2D eigenvalue weighted by molar-refractivity contribution is 5.58. The first-order valence-electron chi connectivity index (χ1n) is 10.0. The summed E-state index contributed by atoms with van der Waals surface area (Å²) in [4.78, 5) is 9.26. The van der Waals surface area contributed by atoms with Crippen molar-refractivity contribution in [3.63, 3.8) is 0 Å². The van der Waals surface area contributed by atoms with Crippen molar-refractivity contribution in [2.24, 2.45) is 5.41 Å². The van der Waals surface area contributed by atoms with E-state index in [-0.39, 0.29) is 0 Å². The number of nitrogens with zero attached hydrogens (tertiary/aromatic N) is 5. The molecule has 0 aromatic carbocycles. The largest absolute Gasteiger partial charge is 0.355 e. The molecule has 4 heterocycles. The molecule has 1 spiro atoms. The van der Waals surface area contributed by atoms with Crippen LogP contribution >= 0.6 is 0 Å². The SMILES string of the molecule is c1cc(-c2ccc(N3CCC4(CC3)CCN(C3CCC3)C4)nn2)ccn1. The van der Waals surface area contributed by atoms with E-state index < -0.39 is 0 Å². The summed E-state index contributed by atoms with van der Waals surface area (Å²) in [5.74, 6) is 1.02. The standard InChI is InChI=1S/C21H27N5/c1-2-18(3-1)26-15-10-21(16-26)8-13-25(14-9-21)20-5-4-19(23-24-20)17-6-11-22-12-7-17/h4-7,11-12,18H,1-3,8-10,13-16H2. The Morgan fingerprint density at radius 1 is 0.885 bits per heavy atom. The van der Waals surface area contributed by atoms with Crippen LogP contribution in [0, 0.1) is 5.41 Å². The summed E-state index contributed by atoms with van der Waals surface area (Å²) in [6, 6.07) is 9.05. The predicted molar refractivity (Wildman–Crippen MR) is 103 cm³/mol. The first-order valence-corrected chi connectivity index (χ1v) is 10.0. The third-order valence-electron chi connectivity index (χ3n) is 6.83. The molecule has 5 heteroatoms. The zero-order chi connectivity index (χ0) is 17.4. The lowest BCUT2D eigenvalue weighted by atomic mass is 9.77. The van der Waals surface area contributed by atoms with Gasteiger partial charge in [0.05, 0.1) is 5.69 Å². The van der Waals surface area contributed by atoms with Gasteiger partial charge in [-0.2, -0.15) is 0 Å². The summed E-state index contributed by atoms with van der Waals surface area (Å²) in [7, 11) is 0. The third-order valence-corrected chi connectivity index (χ3v) is 6.83. The fourth-order valence-electron chi connectivity index (χ4n) is 4.82. The van der Waals surface area contributed by atoms with Gasteiger partial charge in [-0.15, -0.1) is 10.2 Å². The summed E-state index contributed by atoms with van der Waals surface area (Å²) in [5, 5.41) is 8.94. The molecule has 136 valence electrons. The summed E-state index contributed by atoms with van der Waals surface area (Å²) in [6.45, 7) is 4.88. The average Bonchev–Trinajstić information content (AvgIpc) is 3.05. The molecule has 1 aliphatic carbocycles. The lowest BCUT2D eigenvalue weighted by Gasteiger charge is -2.41. The highest BCUT2D eigenvalue weighted by atomic mass is 15.3. The predicted octanol–water partition coefficient (Wildman–Crippen LogP) is 3.38. The monoisotopic (exact) mass is 349 g/mol. The van der Waals surface area contributed by atoms with Gasteiger partial charge in [0, 0.05) is 43.6 Å². The Kier molecular flexibility index (Phi) is 4.12. The zero-order valence-electron chi connectivity index (χ0n) is 15.3. The van der Waals surface area contributed by atoms with Gasteiger partial charge in [0.1, 0.15) is 0 Å². The minimum Gasteiger partial charge on any atom is -0.355 e. The molecule has 1 saturated carbocycles. The van der Waals surface area contributed by atoms with Crippen molar-refractivity contribution < 1.29 is 0 Å². The number of piperidine rings is 1. The van der Waals surface area contributed by atoms with Gasteiger partial charge in [0.2, 0.25) is 0 Å². The van der Waals surface area contributed by atoms with E-state index in [4.69, 9.17) is 0 Å². The lowest BCUT2D eigenvalue weighted by molar-refractivity contribution is 0.127. The van der Waals surface area contributed by atoms with Crippen LogP contribution in [0.5, 0.6) is 0 Å². The van der Waals surface area contributed by atoms with E-state index >= 15 is 0 Å². The molecule has 3 aliphatic rings. The summed E-state index contributed by atoms with van der Waals surface area (Å²) >= 11 is 0. The Hall–Kier alpha value is -2.01. The highest BCUT2D eigenvalue weighted by Crippen LogP contribution is 2.43. The summed E-state index contributed by atoms with van der Waals surface area (Å²) in [6.07, 6.45) is 11.9. The number of aromatic nitrogens is 3. The molecule has 3 fully saturated rings. The topological polar surface area (TPSA) is 45.2 Å². The average molecular weight is 349 g/mol. The molecule has 0 unspecified atom stereocenters. The van der Waals surface area contributed by atoms with Crippen molar-refractivity contribution in [2.45, 2.75) is 44.6 Å². The van der Waals surface area contributed by atoms with Gasteiger partial charge in [0.25, 0.3) is 0 Å². The van der Waals surface area contributed by atoms with Crippen molar-refractivity contribution in [1.29, 1.82) is 0 Å². The van der Waals surface area contributed by atoms with Crippen LogP contribution in [0.3, 0.4) is 0 Å². The third kappa shape index (κ3) is 2.98. The van der Waals surface area contributed by atoms with Crippen LogP contribution in [-0.4, -0.2) is 52.3 Å². The second kappa shape index (κ2) is 6.62. The fraction of sp³-hybridized carbons (Fsp3) is 0.571. The van der Waals surface area contributed by atoms with Crippen LogP contribution in [0.4, 0.5) is 5.82 Å². The first-order chi connectivity index (χ1) is 12.8. The lowest BCUT2D eigenvalue weighted by Crippen LogP contribution is -2.44. The molecule has 2 aliphatic heterocycles. The second-order valence-electron chi connectivity index (χ2n) is 8.30. The van der Waals surface area contributed by atoms with Crippen LogP contribution in [0.2, 0.25) is 0 Å². The number of rotatable bonds is 3. The van der Waals surface area contributed by atoms with Gasteiger partial charge in [-0.25, -0.2) is 0 Å². The van der Waals surface area contributed by atoms with Crippen LogP contribution < -0.4 is 4.90 Å². The van der Waals surface area contributed by atoms with Crippen molar-refractivity contribution in [2.75, 3.05) is 31.1 Å². The Morgan fingerprint density at radius 3 is 2.31 bits per heavy atom. The van der Waals surface area contributed by atoms with Crippen LogP contribution in [-0.2, 0) is 0 Å². The quantitative estimate of drug-likeness (QED) is 0.850. The number of anilines is 1. The Labute approximate surface area is 155 Å². The van der Waals surface area contributed by atoms with E-state index in [9.17, 15) is 0 Å². The van der Waals surface area contributed by atoms with Gasteiger partial charge < -0.3 is 4.90 Å². The number of hydrogen-bond donors (Lipinski definition) is 0. The minimum absolute atomic E-state index is 0.566. The zero-order valence-corrected chi connectivity index (χ0v) is 15.3. The summed E-state index contributed by atoms with van der Waals surface area (Å²) in [5.41, 5.74) is 2.55. The molecule has 0 bridgehead atoms. The number of pyridine rings is 1. The van der Waals surface area contributed by atoms with E-state index in [2.05, 4.69) is 37.1 Å². The molecule has 2 aromatic heterocycles. The molecule has 5 rings (SSSR count).